The Morgan fingerprint density at radius 2 is 1.17 bits per heavy atom. The molecule has 1 saturated heterocycles. The molecule has 156 valence electrons. The number of hydrogen-bond acceptors (Lipinski definition) is 6. The smallest absolute Gasteiger partial charge is 0.189 e. The molecule has 3 heterocycles. The zero-order valence-electron chi connectivity index (χ0n) is 16.9. The Bertz CT molecular complexity index is 845. The third kappa shape index (κ3) is 6.01. The molecule has 0 aliphatic carbocycles. The molecule has 0 amide bonds. The summed E-state index contributed by atoms with van der Waals surface area (Å²) >= 11 is 11.0. The summed E-state index contributed by atoms with van der Waals surface area (Å²) in [6, 6.07) is 11.4. The van der Waals surface area contributed by atoms with Crippen LogP contribution in [-0.2, 0) is 0 Å². The maximum atomic E-state index is 5.48. The van der Waals surface area contributed by atoms with Crippen molar-refractivity contribution in [3.8, 4) is 0 Å². The molecule has 2 aromatic rings. The Hall–Kier alpha value is -2.98. The summed E-state index contributed by atoms with van der Waals surface area (Å²) < 4.78 is 0. The van der Waals surface area contributed by atoms with Gasteiger partial charge in [0.15, 0.2) is 10.2 Å². The van der Waals surface area contributed by atoms with E-state index in [1.54, 1.807) is 12.4 Å². The minimum absolute atomic E-state index is 0.591. The highest BCUT2D eigenvalue weighted by atomic mass is 32.1. The number of nitrogens with zero attached hydrogens (tertiary/aromatic N) is 6. The predicted molar refractivity (Wildman–Crippen MR) is 128 cm³/mol. The van der Waals surface area contributed by atoms with Gasteiger partial charge in [-0.25, -0.2) is 0 Å². The topological polar surface area (TPSA) is 81.0 Å². The van der Waals surface area contributed by atoms with E-state index in [-0.39, 0.29) is 0 Å². The number of piperazine rings is 1. The van der Waals surface area contributed by atoms with Gasteiger partial charge in [-0.1, -0.05) is 12.1 Å². The Kier molecular flexibility index (Phi) is 7.75. The molecule has 2 aromatic heterocycles. The minimum atomic E-state index is 0.591. The van der Waals surface area contributed by atoms with Crippen LogP contribution in [0.25, 0.3) is 0 Å². The van der Waals surface area contributed by atoms with Crippen LogP contribution in [0.2, 0.25) is 0 Å². The number of hydrogen-bond donors (Lipinski definition) is 2. The maximum absolute atomic E-state index is 5.48. The number of pyridine rings is 2. The number of aromatic nitrogens is 2. The molecule has 1 aliphatic rings. The molecule has 3 rings (SSSR count). The van der Waals surface area contributed by atoms with Crippen molar-refractivity contribution in [2.45, 2.75) is 13.8 Å². The fourth-order valence-corrected chi connectivity index (χ4v) is 3.24. The first kappa shape index (κ1) is 21.7. The summed E-state index contributed by atoms with van der Waals surface area (Å²) in [6.07, 6.45) is 3.48. The normalized spacial score (nSPS) is 15.0. The lowest BCUT2D eigenvalue weighted by Gasteiger charge is -2.36. The SMILES string of the molecule is C/C(=N/NC(=S)N1CCN(C(=S)N/N=C(/C)c2ccccn2)CC1)c1ccccn1. The fraction of sp³-hybridized carbons (Fsp3) is 0.300. The van der Waals surface area contributed by atoms with Gasteiger partial charge in [-0.05, 0) is 62.5 Å². The molecule has 10 heteroatoms. The summed E-state index contributed by atoms with van der Waals surface area (Å²) in [5.41, 5.74) is 9.12. The lowest BCUT2D eigenvalue weighted by atomic mass is 10.3. The van der Waals surface area contributed by atoms with E-state index in [2.05, 4.69) is 40.8 Å². The summed E-state index contributed by atoms with van der Waals surface area (Å²) in [7, 11) is 0. The lowest BCUT2D eigenvalue weighted by molar-refractivity contribution is 0.255. The highest BCUT2D eigenvalue weighted by Crippen LogP contribution is 2.04. The van der Waals surface area contributed by atoms with E-state index in [4.69, 9.17) is 24.4 Å². The van der Waals surface area contributed by atoms with Crippen molar-refractivity contribution in [1.82, 2.24) is 30.6 Å². The average molecular weight is 441 g/mol. The molecule has 30 heavy (non-hydrogen) atoms. The number of hydrazone groups is 2. The Labute approximate surface area is 187 Å². The number of nitrogens with one attached hydrogen (secondary N) is 2. The Morgan fingerprint density at radius 1 is 0.767 bits per heavy atom. The zero-order chi connectivity index (χ0) is 21.3. The van der Waals surface area contributed by atoms with Gasteiger partial charge in [-0.15, -0.1) is 0 Å². The summed E-state index contributed by atoms with van der Waals surface area (Å²) in [5, 5.41) is 9.88. The molecule has 0 spiro atoms. The van der Waals surface area contributed by atoms with E-state index in [0.29, 0.717) is 10.2 Å². The molecule has 0 unspecified atom stereocenters. The van der Waals surface area contributed by atoms with Gasteiger partial charge in [0.1, 0.15) is 0 Å². The van der Waals surface area contributed by atoms with E-state index >= 15 is 0 Å². The minimum Gasteiger partial charge on any atom is -0.344 e. The second-order valence-corrected chi connectivity index (χ2v) is 7.41. The van der Waals surface area contributed by atoms with Gasteiger partial charge in [-0.2, -0.15) is 10.2 Å². The Morgan fingerprint density at radius 3 is 1.50 bits per heavy atom. The number of rotatable bonds is 4. The lowest BCUT2D eigenvalue weighted by Crippen LogP contribution is -2.54. The van der Waals surface area contributed by atoms with E-state index < -0.39 is 0 Å². The molecular weight excluding hydrogens is 416 g/mol. The molecule has 0 aromatic carbocycles. The van der Waals surface area contributed by atoms with Gasteiger partial charge in [0.05, 0.1) is 22.8 Å². The van der Waals surface area contributed by atoms with Crippen LogP contribution >= 0.6 is 24.4 Å². The van der Waals surface area contributed by atoms with Crippen LogP contribution < -0.4 is 10.9 Å². The number of thiocarbonyl (C=S) groups is 2. The quantitative estimate of drug-likeness (QED) is 0.425. The molecule has 0 atom stereocenters. The van der Waals surface area contributed by atoms with Gasteiger partial charge in [0.25, 0.3) is 0 Å². The molecule has 8 nitrogen and oxygen atoms in total. The summed E-state index contributed by atoms with van der Waals surface area (Å²) in [4.78, 5) is 12.7. The van der Waals surface area contributed by atoms with Crippen molar-refractivity contribution in [2.24, 2.45) is 10.2 Å². The molecule has 0 radical (unpaired) electrons. The van der Waals surface area contributed by atoms with Crippen LogP contribution in [0.1, 0.15) is 25.2 Å². The van der Waals surface area contributed by atoms with Crippen molar-refractivity contribution in [3.05, 3.63) is 60.2 Å². The monoisotopic (exact) mass is 440 g/mol. The van der Waals surface area contributed by atoms with Gasteiger partial charge < -0.3 is 9.80 Å². The molecule has 0 bridgehead atoms. The van der Waals surface area contributed by atoms with E-state index in [9.17, 15) is 0 Å². The first-order chi connectivity index (χ1) is 14.5. The average Bonchev–Trinajstić information content (AvgIpc) is 2.81. The van der Waals surface area contributed by atoms with Crippen LogP contribution in [0.5, 0.6) is 0 Å². The molecular formula is C20H24N8S2. The van der Waals surface area contributed by atoms with Gasteiger partial charge >= 0.3 is 0 Å². The third-order valence-corrected chi connectivity index (χ3v) is 5.26. The van der Waals surface area contributed by atoms with Gasteiger partial charge in [0, 0.05) is 38.6 Å². The second-order valence-electron chi connectivity index (χ2n) is 6.63. The Balaban J connectivity index is 1.46. The van der Waals surface area contributed by atoms with Crippen molar-refractivity contribution >= 4 is 46.1 Å². The second kappa shape index (κ2) is 10.7. The first-order valence-corrected chi connectivity index (χ1v) is 10.4. The van der Waals surface area contributed by atoms with Crippen molar-refractivity contribution in [3.63, 3.8) is 0 Å². The third-order valence-electron chi connectivity index (χ3n) is 4.56. The largest absolute Gasteiger partial charge is 0.344 e. The summed E-state index contributed by atoms with van der Waals surface area (Å²) in [6.45, 7) is 6.77. The maximum Gasteiger partial charge on any atom is 0.189 e. The van der Waals surface area contributed by atoms with Crippen LogP contribution in [0.4, 0.5) is 0 Å². The standard InChI is InChI=1S/C20H24N8S2/c1-15(17-7-3-5-9-21-17)23-25-19(29)27-11-13-28(14-12-27)20(30)26-24-16(2)18-8-4-6-10-22-18/h3-10H,11-14H2,1-2H3,(H,25,29)(H,26,30)/b23-15-,24-16-. The summed E-state index contributed by atoms with van der Waals surface area (Å²) in [5.74, 6) is 0. The van der Waals surface area contributed by atoms with Crippen LogP contribution in [-0.4, -0.2) is 67.6 Å². The van der Waals surface area contributed by atoms with Crippen molar-refractivity contribution in [1.29, 1.82) is 0 Å². The first-order valence-electron chi connectivity index (χ1n) is 9.56. The van der Waals surface area contributed by atoms with Gasteiger partial charge in [-0.3, -0.25) is 20.8 Å². The molecule has 1 fully saturated rings. The molecule has 0 saturated carbocycles. The van der Waals surface area contributed by atoms with E-state index in [1.807, 2.05) is 50.2 Å². The highest BCUT2D eigenvalue weighted by molar-refractivity contribution is 7.80. The highest BCUT2D eigenvalue weighted by Gasteiger charge is 2.20. The van der Waals surface area contributed by atoms with Crippen LogP contribution in [0.15, 0.2) is 59.0 Å². The van der Waals surface area contributed by atoms with Crippen molar-refractivity contribution < 1.29 is 0 Å². The van der Waals surface area contributed by atoms with Crippen molar-refractivity contribution in [2.75, 3.05) is 26.2 Å². The fourth-order valence-electron chi connectivity index (χ4n) is 2.79. The van der Waals surface area contributed by atoms with E-state index in [0.717, 1.165) is 49.0 Å². The molecule has 1 aliphatic heterocycles. The van der Waals surface area contributed by atoms with E-state index in [1.165, 1.54) is 0 Å². The predicted octanol–water partition coefficient (Wildman–Crippen LogP) is 1.99. The zero-order valence-corrected chi connectivity index (χ0v) is 18.6. The van der Waals surface area contributed by atoms with Crippen LogP contribution in [0.3, 0.4) is 0 Å². The van der Waals surface area contributed by atoms with Crippen LogP contribution in [0, 0.1) is 0 Å². The van der Waals surface area contributed by atoms with Gasteiger partial charge in [0.2, 0.25) is 0 Å². The molecule has 2 N–H and O–H groups in total.